The molecule has 0 spiro atoms. The van der Waals surface area contributed by atoms with E-state index in [9.17, 15) is 4.79 Å². The highest BCUT2D eigenvalue weighted by Gasteiger charge is 2.32. The van der Waals surface area contributed by atoms with Crippen molar-refractivity contribution in [3.63, 3.8) is 0 Å². The summed E-state index contributed by atoms with van der Waals surface area (Å²) >= 11 is 3.30. The van der Waals surface area contributed by atoms with Crippen LogP contribution in [0.1, 0.15) is 11.1 Å². The minimum Gasteiger partial charge on any atom is -0.396 e. The zero-order valence-electron chi connectivity index (χ0n) is 9.99. The maximum Gasteiger partial charge on any atom is 0.233 e. The van der Waals surface area contributed by atoms with Crippen LogP contribution in [0.5, 0.6) is 0 Å². The summed E-state index contributed by atoms with van der Waals surface area (Å²) in [6.45, 7) is 0.911. The predicted molar refractivity (Wildman–Crippen MR) is 75.6 cm³/mol. The van der Waals surface area contributed by atoms with Gasteiger partial charge in [-0.15, -0.1) is 11.8 Å². The van der Waals surface area contributed by atoms with E-state index in [1.54, 1.807) is 29.7 Å². The number of carbonyl (C=O) groups is 1. The monoisotopic (exact) mass is 284 g/mol. The fourth-order valence-corrected chi connectivity index (χ4v) is 3.63. The van der Waals surface area contributed by atoms with Gasteiger partial charge in [0, 0.05) is 24.2 Å². The minimum atomic E-state index is 0.0495. The summed E-state index contributed by atoms with van der Waals surface area (Å²) in [6, 6.07) is 5.79. The standard InChI is InChI=1S/C12H16N2O2S2/c15-6-8-17-7-5-14-11(16)9-18-12(14)10-3-1-2-4-13-10/h1-4,12,15H,5-9H2. The molecule has 1 aromatic heterocycles. The molecule has 4 nitrogen and oxygen atoms in total. The van der Waals surface area contributed by atoms with Crippen LogP contribution < -0.4 is 0 Å². The average Bonchev–Trinajstić information content (AvgIpc) is 2.77. The fraction of sp³-hybridized carbons (Fsp3) is 0.500. The molecule has 1 aliphatic rings. The first-order chi connectivity index (χ1) is 8.83. The Kier molecular flexibility index (Phi) is 5.34. The van der Waals surface area contributed by atoms with Crippen LogP contribution in [0.15, 0.2) is 24.4 Å². The van der Waals surface area contributed by atoms with Gasteiger partial charge in [-0.3, -0.25) is 9.78 Å². The molecule has 18 heavy (non-hydrogen) atoms. The Balaban J connectivity index is 1.95. The summed E-state index contributed by atoms with van der Waals surface area (Å²) in [5, 5.41) is 8.77. The minimum absolute atomic E-state index is 0.0495. The first-order valence-electron chi connectivity index (χ1n) is 5.83. The number of hydrogen-bond donors (Lipinski definition) is 1. The Labute approximate surface area is 115 Å². The smallest absolute Gasteiger partial charge is 0.233 e. The summed E-state index contributed by atoms with van der Waals surface area (Å²) in [7, 11) is 0. The van der Waals surface area contributed by atoms with Gasteiger partial charge in [-0.05, 0) is 12.1 Å². The van der Waals surface area contributed by atoms with Crippen LogP contribution in [0, 0.1) is 0 Å². The zero-order chi connectivity index (χ0) is 12.8. The Morgan fingerprint density at radius 1 is 1.50 bits per heavy atom. The van der Waals surface area contributed by atoms with E-state index in [2.05, 4.69) is 4.98 Å². The number of thioether (sulfide) groups is 2. The number of amides is 1. The molecule has 2 heterocycles. The highest BCUT2D eigenvalue weighted by atomic mass is 32.2. The molecule has 1 aromatic rings. The van der Waals surface area contributed by atoms with Crippen LogP contribution >= 0.6 is 23.5 Å². The summed E-state index contributed by atoms with van der Waals surface area (Å²) in [6.07, 6.45) is 1.76. The SMILES string of the molecule is O=C1CSC(c2ccccn2)N1CCSCCO. The van der Waals surface area contributed by atoms with Crippen LogP contribution in [-0.2, 0) is 4.79 Å². The van der Waals surface area contributed by atoms with Crippen LogP contribution in [0.2, 0.25) is 0 Å². The van der Waals surface area contributed by atoms with Gasteiger partial charge < -0.3 is 10.0 Å². The zero-order valence-corrected chi connectivity index (χ0v) is 11.6. The molecule has 1 saturated heterocycles. The van der Waals surface area contributed by atoms with Gasteiger partial charge in [0.15, 0.2) is 0 Å². The number of aromatic nitrogens is 1. The van der Waals surface area contributed by atoms with Gasteiger partial charge in [0.2, 0.25) is 5.91 Å². The molecule has 0 radical (unpaired) electrons. The summed E-state index contributed by atoms with van der Waals surface area (Å²) < 4.78 is 0. The maximum atomic E-state index is 11.8. The Hall–Kier alpha value is -0.720. The van der Waals surface area contributed by atoms with E-state index >= 15 is 0 Å². The van der Waals surface area contributed by atoms with E-state index in [0.717, 1.165) is 23.7 Å². The van der Waals surface area contributed by atoms with E-state index in [0.29, 0.717) is 5.75 Å². The van der Waals surface area contributed by atoms with Crippen LogP contribution in [0.25, 0.3) is 0 Å². The second kappa shape index (κ2) is 7.01. The summed E-state index contributed by atoms with van der Waals surface area (Å²) in [4.78, 5) is 18.1. The van der Waals surface area contributed by atoms with Crippen molar-refractivity contribution in [3.8, 4) is 0 Å². The van der Waals surface area contributed by atoms with Crippen LogP contribution in [0.3, 0.4) is 0 Å². The van der Waals surface area contributed by atoms with Crippen molar-refractivity contribution in [2.45, 2.75) is 5.37 Å². The number of pyridine rings is 1. The molecular weight excluding hydrogens is 268 g/mol. The number of rotatable bonds is 6. The lowest BCUT2D eigenvalue weighted by atomic mass is 10.3. The van der Waals surface area contributed by atoms with Gasteiger partial charge in [0.05, 0.1) is 18.1 Å². The molecule has 2 rings (SSSR count). The van der Waals surface area contributed by atoms with Gasteiger partial charge in [-0.1, -0.05) is 6.07 Å². The summed E-state index contributed by atoms with van der Waals surface area (Å²) in [5.41, 5.74) is 0.945. The van der Waals surface area contributed by atoms with Gasteiger partial charge in [-0.2, -0.15) is 11.8 Å². The molecule has 0 aliphatic carbocycles. The van der Waals surface area contributed by atoms with E-state index < -0.39 is 0 Å². The van der Waals surface area contributed by atoms with Gasteiger partial charge in [0.25, 0.3) is 0 Å². The first-order valence-corrected chi connectivity index (χ1v) is 8.04. The maximum absolute atomic E-state index is 11.8. The molecule has 1 fully saturated rings. The van der Waals surface area contributed by atoms with Gasteiger partial charge >= 0.3 is 0 Å². The van der Waals surface area contributed by atoms with Crippen LogP contribution in [-0.4, -0.2) is 51.3 Å². The molecule has 1 atom stereocenters. The third-order valence-electron chi connectivity index (χ3n) is 2.62. The molecule has 1 unspecified atom stereocenters. The number of nitrogens with zero attached hydrogens (tertiary/aromatic N) is 2. The van der Waals surface area contributed by atoms with E-state index in [4.69, 9.17) is 5.11 Å². The lowest BCUT2D eigenvalue weighted by Gasteiger charge is -2.23. The molecule has 0 saturated carbocycles. The van der Waals surface area contributed by atoms with Crippen molar-refractivity contribution >= 4 is 29.4 Å². The van der Waals surface area contributed by atoms with Gasteiger partial charge in [0.1, 0.15) is 5.37 Å². The van der Waals surface area contributed by atoms with Crippen molar-refractivity contribution in [1.82, 2.24) is 9.88 Å². The Bertz CT molecular complexity index is 389. The third kappa shape index (κ3) is 3.40. The van der Waals surface area contributed by atoms with E-state index in [1.807, 2.05) is 23.1 Å². The van der Waals surface area contributed by atoms with Crippen molar-refractivity contribution in [3.05, 3.63) is 30.1 Å². The topological polar surface area (TPSA) is 53.4 Å². The van der Waals surface area contributed by atoms with E-state index in [1.165, 1.54) is 0 Å². The predicted octanol–water partition coefficient (Wildman–Crippen LogP) is 1.38. The molecule has 1 N–H and O–H groups in total. The number of hydrogen-bond acceptors (Lipinski definition) is 5. The normalized spacial score (nSPS) is 19.5. The fourth-order valence-electron chi connectivity index (χ4n) is 1.79. The molecule has 0 aromatic carbocycles. The van der Waals surface area contributed by atoms with E-state index in [-0.39, 0.29) is 17.9 Å². The highest BCUT2D eigenvalue weighted by Crippen LogP contribution is 2.37. The van der Waals surface area contributed by atoms with Crippen molar-refractivity contribution in [2.24, 2.45) is 0 Å². The lowest BCUT2D eigenvalue weighted by Crippen LogP contribution is -2.30. The Morgan fingerprint density at radius 3 is 3.11 bits per heavy atom. The average molecular weight is 284 g/mol. The van der Waals surface area contributed by atoms with Crippen molar-refractivity contribution < 1.29 is 9.90 Å². The second-order valence-electron chi connectivity index (χ2n) is 3.84. The van der Waals surface area contributed by atoms with Crippen molar-refractivity contribution in [1.29, 1.82) is 0 Å². The first kappa shape index (κ1) is 13.7. The molecule has 1 aliphatic heterocycles. The highest BCUT2D eigenvalue weighted by molar-refractivity contribution is 8.00. The molecule has 1 amide bonds. The molecule has 6 heteroatoms. The molecular formula is C12H16N2O2S2. The van der Waals surface area contributed by atoms with Crippen LogP contribution in [0.4, 0.5) is 0 Å². The third-order valence-corrected chi connectivity index (χ3v) is 4.79. The second-order valence-corrected chi connectivity index (χ2v) is 6.13. The molecule has 98 valence electrons. The number of aliphatic hydroxyl groups is 1. The molecule has 0 bridgehead atoms. The summed E-state index contributed by atoms with van der Waals surface area (Å²) in [5.74, 6) is 2.30. The Morgan fingerprint density at radius 2 is 2.39 bits per heavy atom. The largest absolute Gasteiger partial charge is 0.396 e. The quantitative estimate of drug-likeness (QED) is 0.800. The van der Waals surface area contributed by atoms with Crippen molar-refractivity contribution in [2.75, 3.05) is 30.4 Å². The number of aliphatic hydroxyl groups excluding tert-OH is 1. The lowest BCUT2D eigenvalue weighted by molar-refractivity contribution is -0.127. The number of carbonyl (C=O) groups excluding carboxylic acids is 1. The van der Waals surface area contributed by atoms with Gasteiger partial charge in [-0.25, -0.2) is 0 Å².